The van der Waals surface area contributed by atoms with Crippen LogP contribution >= 0.6 is 0 Å². The van der Waals surface area contributed by atoms with Crippen LogP contribution in [0.15, 0.2) is 6.33 Å². The van der Waals surface area contributed by atoms with Crippen LogP contribution in [0.25, 0.3) is 0 Å². The van der Waals surface area contributed by atoms with Gasteiger partial charge in [-0.25, -0.2) is 4.98 Å². The van der Waals surface area contributed by atoms with Gasteiger partial charge in [-0.2, -0.15) is 5.10 Å². The van der Waals surface area contributed by atoms with E-state index in [0.717, 1.165) is 25.0 Å². The highest BCUT2D eigenvalue weighted by atomic mass is 15.3. The maximum Gasteiger partial charge on any atom is 0.164 e. The molecule has 1 saturated carbocycles. The molecule has 4 heteroatoms. The number of nitrogens with zero attached hydrogens (tertiary/aromatic N) is 3. The normalized spacial score (nSPS) is 18.0. The average molecular weight is 208 g/mol. The summed E-state index contributed by atoms with van der Waals surface area (Å²) in [6.07, 6.45) is 5.66. The van der Waals surface area contributed by atoms with E-state index in [1.165, 1.54) is 19.3 Å². The Bertz CT molecular complexity index is 303. The van der Waals surface area contributed by atoms with Gasteiger partial charge in [-0.05, 0) is 18.8 Å². The fraction of sp³-hybridized carbons (Fsp3) is 0.818. The molecule has 1 aromatic rings. The lowest BCUT2D eigenvalue weighted by molar-refractivity contribution is 0.435. The largest absolute Gasteiger partial charge is 0.307 e. The molecule has 1 unspecified atom stereocenters. The molecule has 1 heterocycles. The minimum Gasteiger partial charge on any atom is -0.307 e. The van der Waals surface area contributed by atoms with Gasteiger partial charge in [-0.3, -0.25) is 4.68 Å². The molecule has 1 N–H and O–H groups in total. The lowest BCUT2D eigenvalue weighted by atomic mass is 10.1. The van der Waals surface area contributed by atoms with Crippen LogP contribution in [0.5, 0.6) is 0 Å². The van der Waals surface area contributed by atoms with Gasteiger partial charge in [0.2, 0.25) is 0 Å². The minimum absolute atomic E-state index is 0.677. The van der Waals surface area contributed by atoms with Gasteiger partial charge < -0.3 is 5.32 Å². The van der Waals surface area contributed by atoms with E-state index in [-0.39, 0.29) is 0 Å². The van der Waals surface area contributed by atoms with Gasteiger partial charge in [0.15, 0.2) is 5.82 Å². The van der Waals surface area contributed by atoms with Crippen molar-refractivity contribution in [1.29, 1.82) is 0 Å². The lowest BCUT2D eigenvalue weighted by Gasteiger charge is -2.06. The molecule has 2 rings (SSSR count). The quantitative estimate of drug-likeness (QED) is 0.771. The molecule has 0 aromatic carbocycles. The average Bonchev–Trinajstić information content (AvgIpc) is 2.97. The first kappa shape index (κ1) is 10.6. The Hall–Kier alpha value is -0.900. The van der Waals surface area contributed by atoms with E-state index in [1.807, 2.05) is 11.0 Å². The summed E-state index contributed by atoms with van der Waals surface area (Å²) >= 11 is 0. The summed E-state index contributed by atoms with van der Waals surface area (Å²) in [6, 6.07) is 0.728. The van der Waals surface area contributed by atoms with Crippen LogP contribution in [0, 0.1) is 5.92 Å². The highest BCUT2D eigenvalue weighted by Gasteiger charge is 2.20. The molecule has 0 radical (unpaired) electrons. The van der Waals surface area contributed by atoms with E-state index in [9.17, 15) is 0 Å². The van der Waals surface area contributed by atoms with E-state index in [4.69, 9.17) is 0 Å². The maximum absolute atomic E-state index is 4.44. The summed E-state index contributed by atoms with van der Waals surface area (Å²) in [5.74, 6) is 1.60. The molecular weight excluding hydrogens is 188 g/mol. The molecule has 0 spiro atoms. The van der Waals surface area contributed by atoms with Crippen molar-refractivity contribution in [1.82, 2.24) is 20.1 Å². The first-order chi connectivity index (χ1) is 7.28. The highest BCUT2D eigenvalue weighted by Crippen LogP contribution is 2.18. The minimum atomic E-state index is 0.677. The van der Waals surface area contributed by atoms with Gasteiger partial charge in [0, 0.05) is 12.6 Å². The zero-order valence-electron chi connectivity index (χ0n) is 9.61. The van der Waals surface area contributed by atoms with Crippen molar-refractivity contribution < 1.29 is 0 Å². The molecule has 1 fully saturated rings. The second kappa shape index (κ2) is 4.75. The fourth-order valence-electron chi connectivity index (χ4n) is 1.47. The van der Waals surface area contributed by atoms with Crippen LogP contribution in [0.3, 0.4) is 0 Å². The Morgan fingerprint density at radius 3 is 3.07 bits per heavy atom. The third-order valence-corrected chi connectivity index (χ3v) is 2.91. The molecule has 0 bridgehead atoms. The predicted octanol–water partition coefficient (Wildman–Crippen LogP) is 1.58. The second-order valence-corrected chi connectivity index (χ2v) is 4.55. The van der Waals surface area contributed by atoms with Crippen LogP contribution in [0.2, 0.25) is 0 Å². The van der Waals surface area contributed by atoms with Crippen molar-refractivity contribution in [2.45, 2.75) is 52.2 Å². The van der Waals surface area contributed by atoms with E-state index in [2.05, 4.69) is 29.2 Å². The summed E-state index contributed by atoms with van der Waals surface area (Å²) in [5.41, 5.74) is 0. The zero-order chi connectivity index (χ0) is 10.7. The molecular formula is C11H20N4. The molecule has 1 aliphatic carbocycles. The molecule has 1 aromatic heterocycles. The van der Waals surface area contributed by atoms with E-state index < -0.39 is 0 Å². The third kappa shape index (κ3) is 3.30. The van der Waals surface area contributed by atoms with Crippen molar-refractivity contribution in [2.75, 3.05) is 0 Å². The Morgan fingerprint density at radius 2 is 2.40 bits per heavy atom. The second-order valence-electron chi connectivity index (χ2n) is 4.55. The third-order valence-electron chi connectivity index (χ3n) is 2.91. The van der Waals surface area contributed by atoms with Gasteiger partial charge in [0.25, 0.3) is 0 Å². The first-order valence-corrected chi connectivity index (χ1v) is 5.89. The SMILES string of the molecule is CCC(C)Cn1cnc(CNC2CC2)n1. The van der Waals surface area contributed by atoms with Crippen LogP contribution < -0.4 is 5.32 Å². The summed E-state index contributed by atoms with van der Waals surface area (Å²) < 4.78 is 1.96. The number of hydrogen-bond donors (Lipinski definition) is 1. The molecule has 0 saturated heterocycles. The van der Waals surface area contributed by atoms with Gasteiger partial charge in [0.05, 0.1) is 6.54 Å². The van der Waals surface area contributed by atoms with E-state index in [0.29, 0.717) is 5.92 Å². The monoisotopic (exact) mass is 208 g/mol. The van der Waals surface area contributed by atoms with Gasteiger partial charge in [-0.15, -0.1) is 0 Å². The summed E-state index contributed by atoms with van der Waals surface area (Å²) in [7, 11) is 0. The zero-order valence-corrected chi connectivity index (χ0v) is 9.61. The Labute approximate surface area is 91.1 Å². The lowest BCUT2D eigenvalue weighted by Crippen LogP contribution is -2.16. The summed E-state index contributed by atoms with van der Waals surface area (Å²) in [6.45, 7) is 6.24. The van der Waals surface area contributed by atoms with Crippen molar-refractivity contribution in [3.05, 3.63) is 12.2 Å². The summed E-state index contributed by atoms with van der Waals surface area (Å²) in [4.78, 5) is 4.29. The molecule has 4 nitrogen and oxygen atoms in total. The molecule has 0 amide bonds. The molecule has 1 atom stereocenters. The van der Waals surface area contributed by atoms with E-state index in [1.54, 1.807) is 0 Å². The standard InChI is InChI=1S/C11H20N4/c1-3-9(2)7-15-8-13-11(14-15)6-12-10-4-5-10/h8-10,12H,3-7H2,1-2H3. The van der Waals surface area contributed by atoms with Crippen LogP contribution in [-0.2, 0) is 13.1 Å². The van der Waals surface area contributed by atoms with Crippen LogP contribution in [-0.4, -0.2) is 20.8 Å². The van der Waals surface area contributed by atoms with Gasteiger partial charge in [0.1, 0.15) is 6.33 Å². The summed E-state index contributed by atoms with van der Waals surface area (Å²) in [5, 5.41) is 7.86. The predicted molar refractivity (Wildman–Crippen MR) is 59.3 cm³/mol. The van der Waals surface area contributed by atoms with Crippen molar-refractivity contribution in [3.63, 3.8) is 0 Å². The van der Waals surface area contributed by atoms with Gasteiger partial charge in [-0.1, -0.05) is 20.3 Å². The molecule has 0 aliphatic heterocycles. The Morgan fingerprint density at radius 1 is 1.60 bits per heavy atom. The van der Waals surface area contributed by atoms with Crippen molar-refractivity contribution in [3.8, 4) is 0 Å². The topological polar surface area (TPSA) is 42.7 Å². The number of hydrogen-bond acceptors (Lipinski definition) is 3. The molecule has 15 heavy (non-hydrogen) atoms. The van der Waals surface area contributed by atoms with E-state index >= 15 is 0 Å². The number of aromatic nitrogens is 3. The van der Waals surface area contributed by atoms with Crippen molar-refractivity contribution in [2.24, 2.45) is 5.92 Å². The fourth-order valence-corrected chi connectivity index (χ4v) is 1.47. The molecule has 84 valence electrons. The number of rotatable bonds is 6. The smallest absolute Gasteiger partial charge is 0.164 e. The van der Waals surface area contributed by atoms with Gasteiger partial charge >= 0.3 is 0 Å². The van der Waals surface area contributed by atoms with Crippen molar-refractivity contribution >= 4 is 0 Å². The maximum atomic E-state index is 4.44. The Balaban J connectivity index is 1.79. The Kier molecular flexibility index (Phi) is 3.36. The van der Waals surface area contributed by atoms with Crippen LogP contribution in [0.1, 0.15) is 38.9 Å². The van der Waals surface area contributed by atoms with Crippen LogP contribution in [0.4, 0.5) is 0 Å². The highest BCUT2D eigenvalue weighted by molar-refractivity contribution is 4.87. The first-order valence-electron chi connectivity index (χ1n) is 5.89. The number of nitrogens with one attached hydrogen (secondary N) is 1. The molecule has 1 aliphatic rings.